The molecule has 5 heteroatoms. The molecule has 3 rings (SSSR count). The predicted molar refractivity (Wildman–Crippen MR) is 74.6 cm³/mol. The van der Waals surface area contributed by atoms with Gasteiger partial charge in [0, 0.05) is 13.1 Å². The molecule has 2 heterocycles. The Morgan fingerprint density at radius 1 is 1.50 bits per heavy atom. The third-order valence-corrected chi connectivity index (χ3v) is 4.05. The van der Waals surface area contributed by atoms with Crippen LogP contribution < -0.4 is 10.1 Å². The number of amides is 1. The average Bonchev–Trinajstić information content (AvgIpc) is 2.92. The Morgan fingerprint density at radius 3 is 3.15 bits per heavy atom. The van der Waals surface area contributed by atoms with Crippen LogP contribution >= 0.6 is 0 Å². The fourth-order valence-corrected chi connectivity index (χ4v) is 2.90. The minimum absolute atomic E-state index is 0.0605. The number of carbonyl (C=O) groups is 1. The predicted octanol–water partition coefficient (Wildman–Crippen LogP) is 0.786. The van der Waals surface area contributed by atoms with Gasteiger partial charge in [-0.05, 0) is 30.7 Å². The Labute approximate surface area is 118 Å². The molecule has 1 unspecified atom stereocenters. The number of hydrogen-bond acceptors (Lipinski definition) is 4. The van der Waals surface area contributed by atoms with E-state index in [4.69, 9.17) is 9.47 Å². The van der Waals surface area contributed by atoms with Gasteiger partial charge in [0.05, 0.1) is 19.3 Å². The molecule has 108 valence electrons. The van der Waals surface area contributed by atoms with E-state index in [1.54, 1.807) is 7.11 Å². The Hall–Kier alpha value is -1.59. The van der Waals surface area contributed by atoms with Gasteiger partial charge in [-0.3, -0.25) is 4.79 Å². The molecule has 0 bridgehead atoms. The van der Waals surface area contributed by atoms with Crippen molar-refractivity contribution in [1.82, 2.24) is 10.2 Å². The molecule has 5 nitrogen and oxygen atoms in total. The third-order valence-electron chi connectivity index (χ3n) is 4.05. The second kappa shape index (κ2) is 5.42. The standard InChI is InChI=1S/C15H20N2O3/c1-19-13-4-2-3-12(7-13)8-17-11-15(5-6-16-10-15)20-9-14(17)18/h2-4,7,16H,5-6,8-11H2,1H3. The second-order valence-electron chi connectivity index (χ2n) is 5.50. The maximum absolute atomic E-state index is 12.0. The Morgan fingerprint density at radius 2 is 2.40 bits per heavy atom. The van der Waals surface area contributed by atoms with Gasteiger partial charge in [0.2, 0.25) is 5.91 Å². The van der Waals surface area contributed by atoms with E-state index >= 15 is 0 Å². The quantitative estimate of drug-likeness (QED) is 0.886. The molecule has 1 atom stereocenters. The molecule has 2 aliphatic heterocycles. The van der Waals surface area contributed by atoms with Crippen LogP contribution in [0.3, 0.4) is 0 Å². The van der Waals surface area contributed by atoms with Crippen molar-refractivity contribution >= 4 is 5.91 Å². The lowest BCUT2D eigenvalue weighted by Crippen LogP contribution is -2.55. The van der Waals surface area contributed by atoms with E-state index in [1.807, 2.05) is 29.2 Å². The highest BCUT2D eigenvalue weighted by Crippen LogP contribution is 2.26. The van der Waals surface area contributed by atoms with Gasteiger partial charge in [0.1, 0.15) is 12.4 Å². The molecule has 0 radical (unpaired) electrons. The first kappa shape index (κ1) is 13.4. The number of carbonyl (C=O) groups excluding carboxylic acids is 1. The number of nitrogens with zero attached hydrogens (tertiary/aromatic N) is 1. The van der Waals surface area contributed by atoms with Gasteiger partial charge in [0.15, 0.2) is 0 Å². The van der Waals surface area contributed by atoms with Crippen molar-refractivity contribution in [2.45, 2.75) is 18.6 Å². The summed E-state index contributed by atoms with van der Waals surface area (Å²) >= 11 is 0. The summed E-state index contributed by atoms with van der Waals surface area (Å²) in [5.74, 6) is 0.880. The molecule has 1 N–H and O–H groups in total. The zero-order chi connectivity index (χ0) is 14.0. The molecule has 20 heavy (non-hydrogen) atoms. The molecule has 1 amide bonds. The van der Waals surface area contributed by atoms with Crippen LogP contribution in [0.25, 0.3) is 0 Å². The van der Waals surface area contributed by atoms with Crippen molar-refractivity contribution in [3.63, 3.8) is 0 Å². The van der Waals surface area contributed by atoms with E-state index in [0.717, 1.165) is 30.8 Å². The number of morpholine rings is 1. The van der Waals surface area contributed by atoms with Gasteiger partial charge in [-0.15, -0.1) is 0 Å². The van der Waals surface area contributed by atoms with Crippen molar-refractivity contribution < 1.29 is 14.3 Å². The van der Waals surface area contributed by atoms with E-state index in [2.05, 4.69) is 5.32 Å². The van der Waals surface area contributed by atoms with Crippen LogP contribution in [0.4, 0.5) is 0 Å². The highest BCUT2D eigenvalue weighted by Gasteiger charge is 2.41. The Balaban J connectivity index is 1.72. The number of hydrogen-bond donors (Lipinski definition) is 1. The van der Waals surface area contributed by atoms with Gasteiger partial charge in [-0.2, -0.15) is 0 Å². The molecular weight excluding hydrogens is 256 g/mol. The van der Waals surface area contributed by atoms with Crippen molar-refractivity contribution in [2.75, 3.05) is 33.4 Å². The zero-order valence-corrected chi connectivity index (χ0v) is 11.7. The summed E-state index contributed by atoms with van der Waals surface area (Å²) in [5, 5.41) is 3.32. The lowest BCUT2D eigenvalue weighted by Gasteiger charge is -2.39. The molecule has 1 spiro atoms. The molecule has 2 fully saturated rings. The highest BCUT2D eigenvalue weighted by atomic mass is 16.5. The zero-order valence-electron chi connectivity index (χ0n) is 11.7. The van der Waals surface area contributed by atoms with Gasteiger partial charge < -0.3 is 19.7 Å². The first-order valence-electron chi connectivity index (χ1n) is 6.96. The van der Waals surface area contributed by atoms with Gasteiger partial charge in [0.25, 0.3) is 0 Å². The second-order valence-corrected chi connectivity index (χ2v) is 5.50. The van der Waals surface area contributed by atoms with Crippen LogP contribution in [0.15, 0.2) is 24.3 Å². The van der Waals surface area contributed by atoms with Crippen LogP contribution in [0, 0.1) is 0 Å². The Kier molecular flexibility index (Phi) is 3.63. The maximum Gasteiger partial charge on any atom is 0.249 e. The largest absolute Gasteiger partial charge is 0.497 e. The third kappa shape index (κ3) is 2.64. The minimum atomic E-state index is -0.188. The summed E-state index contributed by atoms with van der Waals surface area (Å²) < 4.78 is 11.0. The number of nitrogens with one attached hydrogen (secondary N) is 1. The summed E-state index contributed by atoms with van der Waals surface area (Å²) in [6, 6.07) is 7.85. The van der Waals surface area contributed by atoms with Crippen molar-refractivity contribution in [2.24, 2.45) is 0 Å². The van der Waals surface area contributed by atoms with E-state index in [-0.39, 0.29) is 18.1 Å². The van der Waals surface area contributed by atoms with Crippen molar-refractivity contribution in [1.29, 1.82) is 0 Å². The lowest BCUT2D eigenvalue weighted by molar-refractivity contribution is -0.161. The Bertz CT molecular complexity index is 498. The van der Waals surface area contributed by atoms with Crippen LogP contribution in [-0.4, -0.2) is 49.8 Å². The lowest BCUT2D eigenvalue weighted by atomic mass is 10.00. The summed E-state index contributed by atoms with van der Waals surface area (Å²) in [5.41, 5.74) is 0.896. The number of ether oxygens (including phenoxy) is 2. The summed E-state index contributed by atoms with van der Waals surface area (Å²) in [7, 11) is 1.65. The molecule has 0 aliphatic carbocycles. The molecular formula is C15H20N2O3. The maximum atomic E-state index is 12.0. The number of benzene rings is 1. The van der Waals surface area contributed by atoms with E-state index < -0.39 is 0 Å². The molecule has 1 aromatic carbocycles. The summed E-state index contributed by atoms with van der Waals surface area (Å²) in [6.07, 6.45) is 0.967. The molecule has 2 saturated heterocycles. The fourth-order valence-electron chi connectivity index (χ4n) is 2.90. The van der Waals surface area contributed by atoms with Crippen molar-refractivity contribution in [3.05, 3.63) is 29.8 Å². The topological polar surface area (TPSA) is 50.8 Å². The molecule has 0 saturated carbocycles. The fraction of sp³-hybridized carbons (Fsp3) is 0.533. The minimum Gasteiger partial charge on any atom is -0.497 e. The first-order valence-corrected chi connectivity index (χ1v) is 6.96. The SMILES string of the molecule is COc1cccc(CN2CC3(CCNC3)OCC2=O)c1. The summed E-state index contributed by atoms with van der Waals surface area (Å²) in [6.45, 7) is 3.25. The van der Waals surface area contributed by atoms with Gasteiger partial charge in [-0.25, -0.2) is 0 Å². The normalized spacial score (nSPS) is 26.2. The van der Waals surface area contributed by atoms with E-state index in [1.165, 1.54) is 0 Å². The average molecular weight is 276 g/mol. The number of methoxy groups -OCH3 is 1. The van der Waals surface area contributed by atoms with Crippen LogP contribution in [-0.2, 0) is 16.1 Å². The van der Waals surface area contributed by atoms with Crippen molar-refractivity contribution in [3.8, 4) is 5.75 Å². The molecule has 0 aromatic heterocycles. The van der Waals surface area contributed by atoms with E-state index in [0.29, 0.717) is 13.1 Å². The van der Waals surface area contributed by atoms with Crippen LogP contribution in [0.1, 0.15) is 12.0 Å². The van der Waals surface area contributed by atoms with Crippen LogP contribution in [0.2, 0.25) is 0 Å². The molecule has 2 aliphatic rings. The van der Waals surface area contributed by atoms with Gasteiger partial charge >= 0.3 is 0 Å². The van der Waals surface area contributed by atoms with Crippen LogP contribution in [0.5, 0.6) is 5.75 Å². The smallest absolute Gasteiger partial charge is 0.249 e. The first-order chi connectivity index (χ1) is 9.71. The number of rotatable bonds is 3. The monoisotopic (exact) mass is 276 g/mol. The van der Waals surface area contributed by atoms with E-state index in [9.17, 15) is 4.79 Å². The highest BCUT2D eigenvalue weighted by molar-refractivity contribution is 5.78. The van der Waals surface area contributed by atoms with Gasteiger partial charge in [-0.1, -0.05) is 12.1 Å². The molecule has 1 aromatic rings. The summed E-state index contributed by atoms with van der Waals surface area (Å²) in [4.78, 5) is 13.9.